The largest absolute Gasteiger partial charge is 0.358 e. The van der Waals surface area contributed by atoms with Crippen LogP contribution in [0.5, 0.6) is 0 Å². The summed E-state index contributed by atoms with van der Waals surface area (Å²) in [6, 6.07) is 0.366. The maximum absolute atomic E-state index is 11.6. The Hall–Kier alpha value is -4.18. The lowest BCUT2D eigenvalue weighted by molar-refractivity contribution is -0.392. The minimum absolute atomic E-state index is 0.00959. The Morgan fingerprint density at radius 2 is 1.10 bits per heavy atom. The Bertz CT molecular complexity index is 1490. The summed E-state index contributed by atoms with van der Waals surface area (Å²) in [4.78, 5) is 46.8. The first-order valence-corrected chi connectivity index (χ1v) is 17.0. The highest BCUT2D eigenvalue weighted by Gasteiger charge is 2.23. The molecule has 266 valence electrons. The van der Waals surface area contributed by atoms with Crippen molar-refractivity contribution < 1.29 is 9.85 Å². The molecule has 3 aromatic rings. The fraction of sp³-hybridized carbons (Fsp3) is 0.688. The predicted octanol–water partition coefficient (Wildman–Crippen LogP) is 4.26. The number of amidine groups is 1. The second kappa shape index (κ2) is 18.4. The summed E-state index contributed by atoms with van der Waals surface area (Å²) in [7, 11) is 0. The van der Waals surface area contributed by atoms with Crippen molar-refractivity contribution in [2.75, 3.05) is 52.4 Å². The monoisotopic (exact) mass is 670 g/mol. The van der Waals surface area contributed by atoms with Gasteiger partial charge in [0, 0.05) is 71.0 Å². The van der Waals surface area contributed by atoms with Crippen molar-refractivity contribution in [3.05, 3.63) is 62.0 Å². The van der Waals surface area contributed by atoms with Crippen LogP contribution in [0.3, 0.4) is 0 Å². The topological polar surface area (TPSA) is 162 Å². The minimum Gasteiger partial charge on any atom is -0.358 e. The van der Waals surface area contributed by atoms with E-state index in [2.05, 4.69) is 46.1 Å². The minimum atomic E-state index is -0.382. The van der Waals surface area contributed by atoms with E-state index in [1.165, 1.54) is 12.4 Å². The lowest BCUT2D eigenvalue weighted by atomic mass is 10.2. The molecule has 48 heavy (non-hydrogen) atoms. The van der Waals surface area contributed by atoms with Gasteiger partial charge in [0.2, 0.25) is 0 Å². The smallest absolute Gasteiger partial charge is 0.342 e. The molecular formula is C32H54N12O4. The molecule has 0 saturated heterocycles. The van der Waals surface area contributed by atoms with Gasteiger partial charge >= 0.3 is 11.6 Å². The molecule has 0 aromatic carbocycles. The molecule has 0 spiro atoms. The maximum atomic E-state index is 11.6. The summed E-state index contributed by atoms with van der Waals surface area (Å²) in [6.07, 6.45) is 6.41. The lowest BCUT2D eigenvalue weighted by Gasteiger charge is -2.29. The van der Waals surface area contributed by atoms with Crippen LogP contribution in [0.25, 0.3) is 0 Å². The van der Waals surface area contributed by atoms with Crippen LogP contribution in [0, 0.1) is 47.9 Å². The number of hydrogen-bond donors (Lipinski definition) is 0. The predicted molar refractivity (Wildman–Crippen MR) is 187 cm³/mol. The number of unbranched alkanes of at least 4 members (excludes halogenated alkanes) is 1. The van der Waals surface area contributed by atoms with Gasteiger partial charge < -0.3 is 29.7 Å². The first-order valence-electron chi connectivity index (χ1n) is 17.0. The van der Waals surface area contributed by atoms with Gasteiger partial charge in [-0.15, -0.1) is 0 Å². The molecular weight excluding hydrogens is 616 g/mol. The zero-order valence-electron chi connectivity index (χ0n) is 30.0. The SMILES string of the molecule is CC.CC1=NCC(C)N1CCN(CCCCN(CCn1c(C)cnc1C)CCn1c([N+](=O)[O-])cnc1C)CCn1c([N+](=O)[O-])cnc1C. The molecule has 16 heteroatoms. The summed E-state index contributed by atoms with van der Waals surface area (Å²) < 4.78 is 5.54. The summed E-state index contributed by atoms with van der Waals surface area (Å²) in [5.74, 6) is 3.31. The molecule has 4 heterocycles. The number of aromatic nitrogens is 6. The lowest BCUT2D eigenvalue weighted by Crippen LogP contribution is -2.41. The number of nitro groups is 2. The maximum Gasteiger partial charge on any atom is 0.342 e. The van der Waals surface area contributed by atoms with Crippen molar-refractivity contribution in [2.24, 2.45) is 4.99 Å². The summed E-state index contributed by atoms with van der Waals surface area (Å²) in [5, 5.41) is 23.1. The molecule has 0 fully saturated rings. The number of imidazole rings is 3. The van der Waals surface area contributed by atoms with E-state index in [0.29, 0.717) is 43.9 Å². The highest BCUT2D eigenvalue weighted by atomic mass is 16.6. The zero-order valence-corrected chi connectivity index (χ0v) is 30.0. The van der Waals surface area contributed by atoms with E-state index in [9.17, 15) is 20.2 Å². The van der Waals surface area contributed by atoms with Crippen LogP contribution < -0.4 is 0 Å². The van der Waals surface area contributed by atoms with Crippen LogP contribution >= 0.6 is 0 Å². The quantitative estimate of drug-likeness (QED) is 0.102. The van der Waals surface area contributed by atoms with E-state index in [1.54, 1.807) is 23.0 Å². The van der Waals surface area contributed by atoms with Gasteiger partial charge in [0.05, 0.1) is 12.4 Å². The number of aryl methyl sites for hydroxylation is 4. The Morgan fingerprint density at radius 3 is 1.50 bits per heavy atom. The molecule has 1 atom stereocenters. The molecule has 1 unspecified atom stereocenters. The standard InChI is InChI=1S/C30H48N12O4.C2H6/c1-23-19-31-25(3)37(23)15-11-35(13-17-39-27(5)33-21-29(39)41(43)44)9-7-8-10-36(12-16-38-24(2)20-32-26(38)4)14-18-40-28(6)34-22-30(40)42(45)46;1-2/h19,21-22,24H,7-18,20H2,1-6H3;1-2H3. The van der Waals surface area contributed by atoms with Crippen molar-refractivity contribution in [1.82, 2.24) is 43.4 Å². The molecule has 1 aliphatic rings. The van der Waals surface area contributed by atoms with Crippen LogP contribution in [0.15, 0.2) is 23.6 Å². The zero-order chi connectivity index (χ0) is 35.4. The molecule has 4 rings (SSSR count). The highest BCUT2D eigenvalue weighted by molar-refractivity contribution is 5.81. The van der Waals surface area contributed by atoms with E-state index >= 15 is 0 Å². The van der Waals surface area contributed by atoms with E-state index in [1.807, 2.05) is 40.8 Å². The fourth-order valence-corrected chi connectivity index (χ4v) is 6.15. The summed E-state index contributed by atoms with van der Waals surface area (Å²) in [6.45, 7) is 23.9. The van der Waals surface area contributed by atoms with Crippen LogP contribution in [0.4, 0.5) is 11.6 Å². The molecule has 0 amide bonds. The normalized spacial score (nSPS) is 14.5. The number of rotatable bonds is 19. The molecule has 0 saturated carbocycles. The average molecular weight is 671 g/mol. The number of nitrogens with zero attached hydrogens (tertiary/aromatic N) is 12. The van der Waals surface area contributed by atoms with Gasteiger partial charge in [-0.2, -0.15) is 0 Å². The van der Waals surface area contributed by atoms with Crippen molar-refractivity contribution in [2.45, 2.75) is 93.9 Å². The third-order valence-corrected chi connectivity index (χ3v) is 9.00. The average Bonchev–Trinajstić information content (AvgIpc) is 3.80. The molecule has 3 aromatic heterocycles. The second-order valence-electron chi connectivity index (χ2n) is 12.1. The first kappa shape index (κ1) is 38.3. The van der Waals surface area contributed by atoms with Gasteiger partial charge in [0.15, 0.2) is 11.6 Å². The molecule has 0 aliphatic carbocycles. The fourth-order valence-electron chi connectivity index (χ4n) is 6.15. The van der Waals surface area contributed by atoms with Crippen molar-refractivity contribution >= 4 is 17.5 Å². The molecule has 1 aliphatic heterocycles. The van der Waals surface area contributed by atoms with Gasteiger partial charge in [-0.3, -0.25) is 14.8 Å². The second-order valence-corrected chi connectivity index (χ2v) is 12.1. The Kier molecular flexibility index (Phi) is 14.7. The van der Waals surface area contributed by atoms with Crippen molar-refractivity contribution in [1.29, 1.82) is 0 Å². The Labute approximate surface area is 283 Å². The molecule has 16 nitrogen and oxygen atoms in total. The molecule has 0 bridgehead atoms. The molecule has 0 radical (unpaired) electrons. The van der Waals surface area contributed by atoms with E-state index < -0.39 is 0 Å². The number of aliphatic imine (C=N–C) groups is 1. The Balaban J connectivity index is 0.00000307. The van der Waals surface area contributed by atoms with E-state index in [-0.39, 0.29) is 21.5 Å². The number of hydrogen-bond acceptors (Lipinski definition) is 11. The van der Waals surface area contributed by atoms with Crippen LogP contribution in [-0.4, -0.2) is 117 Å². The van der Waals surface area contributed by atoms with Crippen LogP contribution in [-0.2, 0) is 19.6 Å². The third kappa shape index (κ3) is 10.2. The van der Waals surface area contributed by atoms with Gasteiger partial charge in [-0.25, -0.2) is 24.1 Å². The highest BCUT2D eigenvalue weighted by Crippen LogP contribution is 2.16. The van der Waals surface area contributed by atoms with Crippen molar-refractivity contribution in [3.63, 3.8) is 0 Å². The first-order chi connectivity index (χ1) is 23.0. The van der Waals surface area contributed by atoms with Gasteiger partial charge in [0.25, 0.3) is 0 Å². The van der Waals surface area contributed by atoms with Gasteiger partial charge in [-0.1, -0.05) is 13.8 Å². The van der Waals surface area contributed by atoms with E-state index in [4.69, 9.17) is 0 Å². The summed E-state index contributed by atoms with van der Waals surface area (Å²) in [5.41, 5.74) is 1.11. The van der Waals surface area contributed by atoms with Crippen LogP contribution in [0.1, 0.15) is 63.7 Å². The van der Waals surface area contributed by atoms with Crippen LogP contribution in [0.2, 0.25) is 0 Å². The third-order valence-electron chi connectivity index (χ3n) is 9.00. The summed E-state index contributed by atoms with van der Waals surface area (Å²) >= 11 is 0. The van der Waals surface area contributed by atoms with E-state index in [0.717, 1.165) is 76.0 Å². The van der Waals surface area contributed by atoms with Crippen molar-refractivity contribution in [3.8, 4) is 0 Å². The van der Waals surface area contributed by atoms with Gasteiger partial charge in [0.1, 0.15) is 31.3 Å². The van der Waals surface area contributed by atoms with Gasteiger partial charge in [-0.05, 0) is 63.5 Å². The Morgan fingerprint density at radius 1 is 0.688 bits per heavy atom. The molecule has 0 N–H and O–H groups in total.